The first-order valence-corrected chi connectivity index (χ1v) is 7.09. The molecular formula is C16H17FN2O5. The molecule has 2 aromatic carbocycles. The van der Waals surface area contributed by atoms with Crippen LogP contribution in [0, 0.1) is 22.9 Å². The number of hydrogen-bond donors (Lipinski definition) is 2. The second-order valence-corrected chi connectivity index (χ2v) is 4.94. The van der Waals surface area contributed by atoms with Crippen LogP contribution in [-0.2, 0) is 0 Å². The topological polar surface area (TPSA) is 93.9 Å². The highest BCUT2D eigenvalue weighted by molar-refractivity contribution is 5.72. The zero-order valence-corrected chi connectivity index (χ0v) is 13.2. The summed E-state index contributed by atoms with van der Waals surface area (Å²) in [4.78, 5) is 10.3. The van der Waals surface area contributed by atoms with E-state index in [1.165, 1.54) is 13.2 Å². The van der Waals surface area contributed by atoms with Crippen LogP contribution in [0.1, 0.15) is 5.56 Å². The Bertz CT molecular complexity index is 751. The molecule has 8 heteroatoms. The third kappa shape index (κ3) is 3.90. The van der Waals surface area contributed by atoms with Crippen molar-refractivity contribution in [3.63, 3.8) is 0 Å². The number of nitrogens with one attached hydrogen (secondary N) is 1. The van der Waals surface area contributed by atoms with E-state index in [0.29, 0.717) is 11.4 Å². The molecule has 0 atom stereocenters. The lowest BCUT2D eigenvalue weighted by Gasteiger charge is -2.12. The third-order valence-electron chi connectivity index (χ3n) is 3.26. The highest BCUT2D eigenvalue weighted by Gasteiger charge is 2.22. The van der Waals surface area contributed by atoms with Crippen molar-refractivity contribution >= 4 is 17.1 Å². The molecule has 7 nitrogen and oxygen atoms in total. The number of nitro groups is 1. The van der Waals surface area contributed by atoms with E-state index in [-0.39, 0.29) is 24.7 Å². The molecule has 0 aliphatic rings. The Hall–Kier alpha value is -2.87. The van der Waals surface area contributed by atoms with Gasteiger partial charge in [-0.3, -0.25) is 10.1 Å². The van der Waals surface area contributed by atoms with Crippen LogP contribution < -0.4 is 14.8 Å². The number of aliphatic hydroxyl groups excluding tert-OH is 1. The van der Waals surface area contributed by atoms with E-state index in [1.54, 1.807) is 25.1 Å². The van der Waals surface area contributed by atoms with E-state index in [0.717, 1.165) is 11.6 Å². The number of aryl methyl sites for hydroxylation is 1. The van der Waals surface area contributed by atoms with Gasteiger partial charge >= 0.3 is 5.69 Å². The molecule has 2 rings (SSSR count). The predicted molar refractivity (Wildman–Crippen MR) is 86.6 cm³/mol. The zero-order valence-electron chi connectivity index (χ0n) is 13.2. The zero-order chi connectivity index (χ0) is 17.7. The Labute approximate surface area is 137 Å². The van der Waals surface area contributed by atoms with Gasteiger partial charge in [0.05, 0.1) is 18.6 Å². The van der Waals surface area contributed by atoms with Gasteiger partial charge in [0.25, 0.3) is 0 Å². The van der Waals surface area contributed by atoms with Gasteiger partial charge in [-0.2, -0.15) is 4.39 Å². The largest absolute Gasteiger partial charge is 0.497 e. The van der Waals surface area contributed by atoms with Crippen LogP contribution in [0.4, 0.5) is 21.5 Å². The Morgan fingerprint density at radius 1 is 1.33 bits per heavy atom. The van der Waals surface area contributed by atoms with Crippen LogP contribution in [0.15, 0.2) is 30.3 Å². The van der Waals surface area contributed by atoms with Crippen molar-refractivity contribution in [2.45, 2.75) is 6.92 Å². The van der Waals surface area contributed by atoms with E-state index in [2.05, 4.69) is 5.32 Å². The van der Waals surface area contributed by atoms with E-state index in [1.807, 2.05) is 0 Å². The maximum atomic E-state index is 13.9. The normalized spacial score (nSPS) is 10.3. The molecule has 2 N–H and O–H groups in total. The Morgan fingerprint density at radius 2 is 2.08 bits per heavy atom. The lowest BCUT2D eigenvalue weighted by Crippen LogP contribution is -2.04. The minimum atomic E-state index is -0.985. The molecule has 0 radical (unpaired) electrons. The highest BCUT2D eigenvalue weighted by atomic mass is 19.1. The van der Waals surface area contributed by atoms with Gasteiger partial charge < -0.3 is 19.9 Å². The summed E-state index contributed by atoms with van der Waals surface area (Å²) >= 11 is 0. The second kappa shape index (κ2) is 7.60. The lowest BCUT2D eigenvalue weighted by atomic mass is 10.1. The molecule has 0 spiro atoms. The maximum Gasteiger partial charge on any atom is 0.328 e. The predicted octanol–water partition coefficient (Wildman–Crippen LogP) is 3.17. The molecule has 0 saturated carbocycles. The smallest absolute Gasteiger partial charge is 0.328 e. The number of anilines is 2. The molecule has 0 unspecified atom stereocenters. The van der Waals surface area contributed by atoms with Crippen molar-refractivity contribution in [1.82, 2.24) is 0 Å². The van der Waals surface area contributed by atoms with Gasteiger partial charge in [0.15, 0.2) is 0 Å². The van der Waals surface area contributed by atoms with Crippen LogP contribution in [-0.4, -0.2) is 30.4 Å². The maximum absolute atomic E-state index is 13.9. The molecule has 2 aromatic rings. The average Bonchev–Trinajstić information content (AvgIpc) is 2.53. The van der Waals surface area contributed by atoms with Gasteiger partial charge in [0, 0.05) is 17.8 Å². The Morgan fingerprint density at radius 3 is 2.67 bits per heavy atom. The summed E-state index contributed by atoms with van der Waals surface area (Å²) in [5.41, 5.74) is 0.619. The number of hydrogen-bond acceptors (Lipinski definition) is 6. The van der Waals surface area contributed by atoms with Crippen molar-refractivity contribution in [2.24, 2.45) is 0 Å². The first-order valence-electron chi connectivity index (χ1n) is 7.09. The molecule has 0 aromatic heterocycles. The quantitative estimate of drug-likeness (QED) is 0.596. The minimum Gasteiger partial charge on any atom is -0.497 e. The number of nitrogens with zero attached hydrogens (tertiary/aromatic N) is 1. The first kappa shape index (κ1) is 17.5. The molecular weight excluding hydrogens is 319 g/mol. The summed E-state index contributed by atoms with van der Waals surface area (Å²) in [7, 11) is 1.35. The minimum absolute atomic E-state index is 0.0136. The van der Waals surface area contributed by atoms with Gasteiger partial charge in [0.1, 0.15) is 23.8 Å². The number of halogens is 1. The van der Waals surface area contributed by atoms with Crippen molar-refractivity contribution < 1.29 is 23.9 Å². The monoisotopic (exact) mass is 336 g/mol. The Balaban J connectivity index is 2.35. The van der Waals surface area contributed by atoms with Gasteiger partial charge in [-0.1, -0.05) is 0 Å². The number of benzene rings is 2. The van der Waals surface area contributed by atoms with E-state index in [9.17, 15) is 14.5 Å². The number of methoxy groups -OCH3 is 1. The molecule has 24 heavy (non-hydrogen) atoms. The van der Waals surface area contributed by atoms with Crippen LogP contribution in [0.25, 0.3) is 0 Å². The standard InChI is InChI=1S/C16H17FN2O5/c1-10-7-11(3-4-15(10)24-6-5-20)18-14-9-12(23-2)8-13(17)16(14)19(21)22/h3-4,7-9,18,20H,5-6H2,1-2H3. The van der Waals surface area contributed by atoms with Crippen molar-refractivity contribution in [1.29, 1.82) is 0 Å². The van der Waals surface area contributed by atoms with E-state index in [4.69, 9.17) is 14.6 Å². The van der Waals surface area contributed by atoms with E-state index < -0.39 is 16.4 Å². The van der Waals surface area contributed by atoms with Crippen LogP contribution in [0.5, 0.6) is 11.5 Å². The van der Waals surface area contributed by atoms with Crippen molar-refractivity contribution in [3.8, 4) is 11.5 Å². The summed E-state index contributed by atoms with van der Waals surface area (Å²) < 4.78 is 24.2. The summed E-state index contributed by atoms with van der Waals surface area (Å²) in [5.74, 6) is -0.234. The molecule has 128 valence electrons. The lowest BCUT2D eigenvalue weighted by molar-refractivity contribution is -0.386. The van der Waals surface area contributed by atoms with Crippen LogP contribution in [0.2, 0.25) is 0 Å². The molecule has 0 bridgehead atoms. The second-order valence-electron chi connectivity index (χ2n) is 4.94. The fourth-order valence-electron chi connectivity index (χ4n) is 2.17. The van der Waals surface area contributed by atoms with Crippen molar-refractivity contribution in [2.75, 3.05) is 25.6 Å². The van der Waals surface area contributed by atoms with Gasteiger partial charge in [-0.05, 0) is 30.7 Å². The first-order chi connectivity index (χ1) is 11.5. The van der Waals surface area contributed by atoms with Gasteiger partial charge in [0.2, 0.25) is 5.82 Å². The number of nitro benzene ring substituents is 1. The fraction of sp³-hybridized carbons (Fsp3) is 0.250. The molecule has 0 aliphatic heterocycles. The summed E-state index contributed by atoms with van der Waals surface area (Å²) in [5, 5.41) is 22.7. The number of ether oxygens (including phenoxy) is 2. The van der Waals surface area contributed by atoms with Crippen molar-refractivity contribution in [3.05, 3.63) is 51.8 Å². The Kier molecular flexibility index (Phi) is 5.54. The molecule has 0 aliphatic carbocycles. The van der Waals surface area contributed by atoms with Crippen LogP contribution in [0.3, 0.4) is 0 Å². The van der Waals surface area contributed by atoms with Gasteiger partial charge in [-0.15, -0.1) is 0 Å². The van der Waals surface area contributed by atoms with Gasteiger partial charge in [-0.25, -0.2) is 0 Å². The SMILES string of the molecule is COc1cc(F)c([N+](=O)[O-])c(Nc2ccc(OCCO)c(C)c2)c1. The molecule has 0 amide bonds. The van der Waals surface area contributed by atoms with Crippen LogP contribution >= 0.6 is 0 Å². The highest BCUT2D eigenvalue weighted by Crippen LogP contribution is 2.35. The summed E-state index contributed by atoms with van der Waals surface area (Å²) in [6.07, 6.45) is 0. The van der Waals surface area contributed by atoms with E-state index >= 15 is 0 Å². The summed E-state index contributed by atoms with van der Waals surface area (Å²) in [6.45, 7) is 1.85. The molecule has 0 saturated heterocycles. The average molecular weight is 336 g/mol. The third-order valence-corrected chi connectivity index (χ3v) is 3.26. The summed E-state index contributed by atoms with van der Waals surface area (Å²) in [6, 6.07) is 7.32. The molecule has 0 heterocycles. The number of aliphatic hydroxyl groups is 1. The molecule has 0 fully saturated rings. The fourth-order valence-corrected chi connectivity index (χ4v) is 2.17. The number of rotatable bonds is 7.